The van der Waals surface area contributed by atoms with Crippen LogP contribution in [0.1, 0.15) is 31.2 Å². The van der Waals surface area contributed by atoms with Gasteiger partial charge in [0.1, 0.15) is 12.4 Å². The number of aliphatic imine (C=N–C) groups is 1. The number of hydrogen-bond acceptors (Lipinski definition) is 3. The summed E-state index contributed by atoms with van der Waals surface area (Å²) in [6.45, 7) is 3.14. The van der Waals surface area contributed by atoms with Gasteiger partial charge in [0.05, 0.1) is 5.69 Å². The summed E-state index contributed by atoms with van der Waals surface area (Å²) in [5.74, 6) is 0.791. The third-order valence-corrected chi connectivity index (χ3v) is 4.96. The van der Waals surface area contributed by atoms with Crippen molar-refractivity contribution in [2.45, 2.75) is 25.7 Å². The summed E-state index contributed by atoms with van der Waals surface area (Å²) in [5.41, 5.74) is 1.74. The number of piperidine rings is 1. The van der Waals surface area contributed by atoms with E-state index in [1.165, 1.54) is 6.42 Å². The average molecular weight is 326 g/mol. The van der Waals surface area contributed by atoms with Gasteiger partial charge in [-0.25, -0.2) is 4.79 Å². The van der Waals surface area contributed by atoms with Crippen molar-refractivity contribution < 1.29 is 9.59 Å². The van der Waals surface area contributed by atoms with Crippen molar-refractivity contribution in [1.29, 1.82) is 0 Å². The van der Waals surface area contributed by atoms with Crippen LogP contribution in [-0.4, -0.2) is 60.3 Å². The number of carbonyl (C=O) groups excluding carboxylic acids is 2. The molecule has 1 aromatic rings. The molecule has 3 aliphatic heterocycles. The van der Waals surface area contributed by atoms with E-state index in [4.69, 9.17) is 0 Å². The molecule has 6 heteroatoms. The number of anilines is 1. The fourth-order valence-electron chi connectivity index (χ4n) is 3.70. The highest BCUT2D eigenvalue weighted by Gasteiger charge is 2.37. The molecular weight excluding hydrogens is 304 g/mol. The molecule has 0 aliphatic carbocycles. The van der Waals surface area contributed by atoms with E-state index in [1.807, 2.05) is 29.2 Å². The second kappa shape index (κ2) is 6.26. The third kappa shape index (κ3) is 2.56. The van der Waals surface area contributed by atoms with Crippen LogP contribution < -0.4 is 4.90 Å². The van der Waals surface area contributed by atoms with Crippen molar-refractivity contribution in [1.82, 2.24) is 9.80 Å². The summed E-state index contributed by atoms with van der Waals surface area (Å²) in [6.07, 6.45) is 4.16. The number of urea groups is 1. The van der Waals surface area contributed by atoms with Crippen molar-refractivity contribution in [3.8, 4) is 0 Å². The Balaban J connectivity index is 1.64. The van der Waals surface area contributed by atoms with E-state index < -0.39 is 0 Å². The van der Waals surface area contributed by atoms with E-state index >= 15 is 0 Å². The molecule has 1 aromatic carbocycles. The Kier molecular flexibility index (Phi) is 3.96. The highest BCUT2D eigenvalue weighted by atomic mass is 16.2. The van der Waals surface area contributed by atoms with Crippen LogP contribution in [0.5, 0.6) is 0 Å². The average Bonchev–Trinajstić information content (AvgIpc) is 2.65. The first-order chi connectivity index (χ1) is 11.8. The second-order valence-corrected chi connectivity index (χ2v) is 6.54. The van der Waals surface area contributed by atoms with Gasteiger partial charge in [-0.2, -0.15) is 0 Å². The predicted octanol–water partition coefficient (Wildman–Crippen LogP) is 2.09. The predicted molar refractivity (Wildman–Crippen MR) is 92.3 cm³/mol. The minimum atomic E-state index is -0.127. The number of benzene rings is 1. The zero-order chi connectivity index (χ0) is 16.5. The van der Waals surface area contributed by atoms with Crippen molar-refractivity contribution in [2.24, 2.45) is 4.99 Å². The highest BCUT2D eigenvalue weighted by Crippen LogP contribution is 2.30. The fourth-order valence-corrected chi connectivity index (χ4v) is 3.70. The molecule has 3 aliphatic rings. The number of fused-ring (bicyclic) bond motifs is 3. The number of carbonyl (C=O) groups is 2. The van der Waals surface area contributed by atoms with Crippen LogP contribution in [0.25, 0.3) is 0 Å². The molecular formula is C18H22N4O2. The lowest BCUT2D eigenvalue weighted by Gasteiger charge is -2.39. The quantitative estimate of drug-likeness (QED) is 0.835. The van der Waals surface area contributed by atoms with E-state index in [0.29, 0.717) is 6.54 Å². The lowest BCUT2D eigenvalue weighted by molar-refractivity contribution is -0.130. The number of likely N-dealkylation sites (tertiary alicyclic amines) is 1. The lowest BCUT2D eigenvalue weighted by Crippen LogP contribution is -2.55. The van der Waals surface area contributed by atoms with Crippen molar-refractivity contribution >= 4 is 23.5 Å². The second-order valence-electron chi connectivity index (χ2n) is 6.54. The zero-order valence-corrected chi connectivity index (χ0v) is 13.8. The van der Waals surface area contributed by atoms with Crippen LogP contribution >= 0.6 is 0 Å². The van der Waals surface area contributed by atoms with Gasteiger partial charge in [0.25, 0.3) is 0 Å². The molecule has 0 N–H and O–H groups in total. The summed E-state index contributed by atoms with van der Waals surface area (Å²) in [6, 6.07) is 7.62. The monoisotopic (exact) mass is 326 g/mol. The van der Waals surface area contributed by atoms with Gasteiger partial charge in [-0.1, -0.05) is 12.1 Å². The largest absolute Gasteiger partial charge is 0.341 e. The molecule has 1 saturated heterocycles. The Morgan fingerprint density at radius 2 is 1.83 bits per heavy atom. The number of nitrogens with zero attached hydrogens (tertiary/aromatic N) is 4. The fraction of sp³-hybridized carbons (Fsp3) is 0.500. The van der Waals surface area contributed by atoms with Gasteiger partial charge < -0.3 is 4.90 Å². The van der Waals surface area contributed by atoms with E-state index in [2.05, 4.69) is 4.99 Å². The molecule has 3 heterocycles. The van der Waals surface area contributed by atoms with E-state index in [1.54, 1.807) is 9.80 Å². The Morgan fingerprint density at radius 1 is 1.04 bits per heavy atom. The summed E-state index contributed by atoms with van der Waals surface area (Å²) in [7, 11) is 0. The van der Waals surface area contributed by atoms with Gasteiger partial charge in [0, 0.05) is 31.7 Å². The maximum absolute atomic E-state index is 12.9. The number of rotatable bonds is 2. The molecule has 0 unspecified atom stereocenters. The molecule has 24 heavy (non-hydrogen) atoms. The normalized spacial score (nSPS) is 20.4. The van der Waals surface area contributed by atoms with Gasteiger partial charge in [-0.15, -0.1) is 0 Å². The van der Waals surface area contributed by atoms with Crippen LogP contribution in [0, 0.1) is 0 Å². The minimum absolute atomic E-state index is 0.0373. The molecule has 0 spiro atoms. The van der Waals surface area contributed by atoms with Gasteiger partial charge in [0.2, 0.25) is 5.91 Å². The molecule has 0 bridgehead atoms. The molecule has 3 amide bonds. The Bertz CT molecular complexity index is 694. The van der Waals surface area contributed by atoms with E-state index in [0.717, 1.165) is 56.0 Å². The molecule has 0 aromatic heterocycles. The highest BCUT2D eigenvalue weighted by molar-refractivity contribution is 6.20. The number of amides is 3. The maximum atomic E-state index is 12.9. The zero-order valence-electron chi connectivity index (χ0n) is 13.8. The Morgan fingerprint density at radius 3 is 2.67 bits per heavy atom. The summed E-state index contributed by atoms with van der Waals surface area (Å²) in [4.78, 5) is 35.4. The number of para-hydroxylation sites is 1. The molecule has 0 saturated carbocycles. The molecule has 0 radical (unpaired) electrons. The summed E-state index contributed by atoms with van der Waals surface area (Å²) < 4.78 is 0. The van der Waals surface area contributed by atoms with Crippen molar-refractivity contribution in [3.63, 3.8) is 0 Å². The van der Waals surface area contributed by atoms with Crippen LogP contribution in [-0.2, 0) is 4.79 Å². The smallest absolute Gasteiger partial charge is 0.330 e. The Hall–Kier alpha value is -2.37. The Labute approximate surface area is 141 Å². The number of amidine groups is 1. The van der Waals surface area contributed by atoms with Gasteiger partial charge >= 0.3 is 6.03 Å². The topological polar surface area (TPSA) is 56.2 Å². The van der Waals surface area contributed by atoms with Gasteiger partial charge in [-0.05, 0) is 37.8 Å². The summed E-state index contributed by atoms with van der Waals surface area (Å²) in [5, 5.41) is 0. The molecule has 0 atom stereocenters. The van der Waals surface area contributed by atoms with Crippen LogP contribution in [0.2, 0.25) is 0 Å². The molecule has 126 valence electrons. The molecule has 4 rings (SSSR count). The number of hydrogen-bond donors (Lipinski definition) is 0. The first kappa shape index (κ1) is 15.2. The van der Waals surface area contributed by atoms with Crippen molar-refractivity contribution in [3.05, 3.63) is 29.8 Å². The molecule has 6 nitrogen and oxygen atoms in total. The van der Waals surface area contributed by atoms with Crippen LogP contribution in [0.4, 0.5) is 10.5 Å². The minimum Gasteiger partial charge on any atom is -0.341 e. The SMILES string of the molecule is O=C(CN1C(=O)N2CCCN=C2c2ccccc21)N1CCCCC1. The standard InChI is InChI=1S/C18H22N4O2/c23-16(20-10-4-1-5-11-20)13-22-15-8-3-2-7-14(15)17-19-9-6-12-21(17)18(22)24/h2-3,7-8H,1,4-6,9-13H2. The third-order valence-electron chi connectivity index (χ3n) is 4.96. The maximum Gasteiger partial charge on any atom is 0.330 e. The van der Waals surface area contributed by atoms with Gasteiger partial charge in [-0.3, -0.25) is 19.6 Å². The molecule has 1 fully saturated rings. The van der Waals surface area contributed by atoms with Crippen LogP contribution in [0.15, 0.2) is 29.3 Å². The first-order valence-corrected chi connectivity index (χ1v) is 8.76. The van der Waals surface area contributed by atoms with Crippen molar-refractivity contribution in [2.75, 3.05) is 37.6 Å². The summed E-state index contributed by atoms with van der Waals surface area (Å²) >= 11 is 0. The van der Waals surface area contributed by atoms with Gasteiger partial charge in [0.15, 0.2) is 0 Å². The van der Waals surface area contributed by atoms with Crippen LogP contribution in [0.3, 0.4) is 0 Å². The van der Waals surface area contributed by atoms with E-state index in [9.17, 15) is 9.59 Å². The van der Waals surface area contributed by atoms with E-state index in [-0.39, 0.29) is 18.5 Å². The first-order valence-electron chi connectivity index (χ1n) is 8.76. The lowest BCUT2D eigenvalue weighted by atomic mass is 10.1.